The van der Waals surface area contributed by atoms with Gasteiger partial charge >= 0.3 is 0 Å². The van der Waals surface area contributed by atoms with Crippen LogP contribution in [0.15, 0.2) is 59.0 Å². The quantitative estimate of drug-likeness (QED) is 0.654. The Morgan fingerprint density at radius 2 is 1.85 bits per heavy atom. The maximum atomic E-state index is 13.3. The Labute approximate surface area is 155 Å². The zero-order valence-electron chi connectivity index (χ0n) is 14.5. The molecule has 26 heavy (non-hydrogen) atoms. The first-order valence-corrected chi connectivity index (χ1v) is 9.21. The minimum atomic E-state index is -0.236. The van der Waals surface area contributed by atoms with Gasteiger partial charge in [0.25, 0.3) is 0 Å². The van der Waals surface area contributed by atoms with Gasteiger partial charge in [0.1, 0.15) is 11.6 Å². The molecule has 0 fully saturated rings. The van der Waals surface area contributed by atoms with E-state index in [0.29, 0.717) is 0 Å². The lowest BCUT2D eigenvalue weighted by molar-refractivity contribution is 0.415. The zero-order chi connectivity index (χ0) is 18.1. The first-order valence-electron chi connectivity index (χ1n) is 8.33. The van der Waals surface area contributed by atoms with Crippen LogP contribution in [0.1, 0.15) is 29.3 Å². The molecule has 1 aliphatic rings. The van der Waals surface area contributed by atoms with Crippen molar-refractivity contribution in [3.8, 4) is 5.75 Å². The topological polar surface area (TPSA) is 37.7 Å². The molecule has 0 unspecified atom stereocenters. The minimum Gasteiger partial charge on any atom is -0.497 e. The van der Waals surface area contributed by atoms with Crippen molar-refractivity contribution in [2.45, 2.75) is 19.4 Å². The Kier molecular flexibility index (Phi) is 4.42. The molecular formula is C20H18FN3OS. The Morgan fingerprint density at radius 1 is 1.12 bits per heavy atom. The number of halogens is 1. The monoisotopic (exact) mass is 367 g/mol. The van der Waals surface area contributed by atoms with Crippen LogP contribution in [-0.4, -0.2) is 17.8 Å². The van der Waals surface area contributed by atoms with E-state index in [0.717, 1.165) is 39.8 Å². The number of thiazole rings is 1. The second-order valence-corrected chi connectivity index (χ2v) is 7.00. The third-order valence-corrected chi connectivity index (χ3v) is 5.34. The number of aromatic nitrogens is 1. The van der Waals surface area contributed by atoms with E-state index >= 15 is 0 Å². The van der Waals surface area contributed by atoms with Crippen LogP contribution in [-0.2, 0) is 0 Å². The highest BCUT2D eigenvalue weighted by molar-refractivity contribution is 7.13. The van der Waals surface area contributed by atoms with Crippen molar-refractivity contribution in [1.82, 2.24) is 4.98 Å². The average molecular weight is 367 g/mol. The standard InChI is InChI=1S/C20H18FN3OS/c1-13-12-26-20(22-13)24-19(15-3-7-16(21)8-4-15)11-18(23-24)14-5-9-17(25-2)10-6-14/h3-10,12,19H,11H2,1-2H3/t19-/m1/s1. The number of rotatable bonds is 4. The van der Waals surface area contributed by atoms with Gasteiger partial charge in [0.2, 0.25) is 5.13 Å². The summed E-state index contributed by atoms with van der Waals surface area (Å²) < 4.78 is 18.6. The molecule has 2 aromatic carbocycles. The van der Waals surface area contributed by atoms with E-state index in [1.54, 1.807) is 18.4 Å². The third kappa shape index (κ3) is 3.20. The molecule has 0 saturated heterocycles. The van der Waals surface area contributed by atoms with Crippen molar-refractivity contribution in [3.63, 3.8) is 0 Å². The predicted molar refractivity (Wildman–Crippen MR) is 103 cm³/mol. The smallest absolute Gasteiger partial charge is 0.206 e. The summed E-state index contributed by atoms with van der Waals surface area (Å²) in [5.74, 6) is 0.578. The molecule has 0 N–H and O–H groups in total. The van der Waals surface area contributed by atoms with Crippen LogP contribution in [0.3, 0.4) is 0 Å². The van der Waals surface area contributed by atoms with Gasteiger partial charge in [-0.25, -0.2) is 14.4 Å². The molecule has 1 aliphatic heterocycles. The number of hydrogen-bond acceptors (Lipinski definition) is 5. The van der Waals surface area contributed by atoms with E-state index in [-0.39, 0.29) is 11.9 Å². The molecule has 4 nitrogen and oxygen atoms in total. The summed E-state index contributed by atoms with van der Waals surface area (Å²) in [6, 6.07) is 14.5. The van der Waals surface area contributed by atoms with Crippen LogP contribution >= 0.6 is 11.3 Å². The van der Waals surface area contributed by atoms with Gasteiger partial charge in [-0.1, -0.05) is 12.1 Å². The molecule has 1 atom stereocenters. The van der Waals surface area contributed by atoms with E-state index < -0.39 is 0 Å². The van der Waals surface area contributed by atoms with Gasteiger partial charge in [0, 0.05) is 11.8 Å². The predicted octanol–water partition coefficient (Wildman–Crippen LogP) is 4.95. The molecule has 0 saturated carbocycles. The second-order valence-electron chi connectivity index (χ2n) is 6.16. The number of methoxy groups -OCH3 is 1. The number of hydrazone groups is 1. The fourth-order valence-electron chi connectivity index (χ4n) is 3.04. The Morgan fingerprint density at radius 3 is 2.46 bits per heavy atom. The molecule has 0 bridgehead atoms. The zero-order valence-corrected chi connectivity index (χ0v) is 15.3. The molecule has 3 aromatic rings. The molecular weight excluding hydrogens is 349 g/mol. The molecule has 132 valence electrons. The number of benzene rings is 2. The molecule has 2 heterocycles. The third-order valence-electron chi connectivity index (χ3n) is 4.39. The van der Waals surface area contributed by atoms with E-state index in [1.807, 2.05) is 53.7 Å². The fourth-order valence-corrected chi connectivity index (χ4v) is 3.84. The van der Waals surface area contributed by atoms with E-state index in [2.05, 4.69) is 4.98 Å². The number of ether oxygens (including phenoxy) is 1. The van der Waals surface area contributed by atoms with Gasteiger partial charge in [0.05, 0.1) is 24.6 Å². The Bertz CT molecular complexity index is 934. The minimum absolute atomic E-state index is 0.00162. The van der Waals surface area contributed by atoms with Crippen LogP contribution in [0.4, 0.5) is 9.52 Å². The average Bonchev–Trinajstić information content (AvgIpc) is 3.29. The van der Waals surface area contributed by atoms with Crippen LogP contribution < -0.4 is 9.75 Å². The van der Waals surface area contributed by atoms with Crippen LogP contribution in [0.5, 0.6) is 5.75 Å². The summed E-state index contributed by atoms with van der Waals surface area (Å²) in [7, 11) is 1.65. The SMILES string of the molecule is COc1ccc(C2=NN(c3nc(C)cs3)[C@@H](c3ccc(F)cc3)C2)cc1. The van der Waals surface area contributed by atoms with Gasteiger partial charge < -0.3 is 4.74 Å². The van der Waals surface area contributed by atoms with Crippen molar-refractivity contribution in [1.29, 1.82) is 0 Å². The lowest BCUT2D eigenvalue weighted by atomic mass is 9.98. The van der Waals surface area contributed by atoms with E-state index in [1.165, 1.54) is 12.1 Å². The largest absolute Gasteiger partial charge is 0.497 e. The van der Waals surface area contributed by atoms with Crippen molar-refractivity contribution in [2.24, 2.45) is 5.10 Å². The van der Waals surface area contributed by atoms with Gasteiger partial charge in [0.15, 0.2) is 0 Å². The van der Waals surface area contributed by atoms with Crippen LogP contribution in [0.25, 0.3) is 0 Å². The summed E-state index contributed by atoms with van der Waals surface area (Å²) >= 11 is 1.57. The summed E-state index contributed by atoms with van der Waals surface area (Å²) in [5.41, 5.74) is 4.02. The van der Waals surface area contributed by atoms with E-state index in [4.69, 9.17) is 9.84 Å². The highest BCUT2D eigenvalue weighted by Crippen LogP contribution is 2.38. The Hall–Kier alpha value is -2.73. The highest BCUT2D eigenvalue weighted by atomic mass is 32.1. The van der Waals surface area contributed by atoms with Crippen LogP contribution in [0.2, 0.25) is 0 Å². The van der Waals surface area contributed by atoms with Crippen molar-refractivity contribution < 1.29 is 9.13 Å². The molecule has 6 heteroatoms. The summed E-state index contributed by atoms with van der Waals surface area (Å²) in [6.45, 7) is 1.97. The summed E-state index contributed by atoms with van der Waals surface area (Å²) in [4.78, 5) is 4.58. The molecule has 0 amide bonds. The maximum Gasteiger partial charge on any atom is 0.206 e. The molecule has 0 radical (unpaired) electrons. The van der Waals surface area contributed by atoms with Gasteiger partial charge in [-0.2, -0.15) is 5.10 Å². The van der Waals surface area contributed by atoms with Gasteiger partial charge in [-0.3, -0.25) is 0 Å². The van der Waals surface area contributed by atoms with Crippen molar-refractivity contribution in [2.75, 3.05) is 12.1 Å². The fraction of sp³-hybridized carbons (Fsp3) is 0.200. The lowest BCUT2D eigenvalue weighted by Gasteiger charge is -2.21. The second kappa shape index (κ2) is 6.88. The van der Waals surface area contributed by atoms with Gasteiger partial charge in [-0.15, -0.1) is 11.3 Å². The molecule has 0 spiro atoms. The first-order chi connectivity index (χ1) is 12.6. The summed E-state index contributed by atoms with van der Waals surface area (Å²) in [6.07, 6.45) is 0.733. The lowest BCUT2D eigenvalue weighted by Crippen LogP contribution is -2.18. The van der Waals surface area contributed by atoms with Crippen LogP contribution in [0, 0.1) is 12.7 Å². The molecule has 0 aliphatic carbocycles. The number of hydrogen-bond donors (Lipinski definition) is 0. The summed E-state index contributed by atoms with van der Waals surface area (Å²) in [5, 5.41) is 9.65. The van der Waals surface area contributed by atoms with Crippen molar-refractivity contribution in [3.05, 3.63) is 76.5 Å². The number of aryl methyl sites for hydroxylation is 1. The van der Waals surface area contributed by atoms with Gasteiger partial charge in [-0.05, 0) is 54.4 Å². The molecule has 1 aromatic heterocycles. The van der Waals surface area contributed by atoms with Crippen molar-refractivity contribution >= 4 is 22.2 Å². The van der Waals surface area contributed by atoms with E-state index in [9.17, 15) is 4.39 Å². The number of nitrogens with zero attached hydrogens (tertiary/aromatic N) is 3. The first kappa shape index (κ1) is 16.7. The normalized spacial score (nSPS) is 16.7. The maximum absolute atomic E-state index is 13.3. The highest BCUT2D eigenvalue weighted by Gasteiger charge is 2.31. The molecule has 4 rings (SSSR count). The Balaban J connectivity index is 1.71. The number of anilines is 1.